The van der Waals surface area contributed by atoms with Gasteiger partial charge in [-0.2, -0.15) is 5.10 Å². The van der Waals surface area contributed by atoms with E-state index in [2.05, 4.69) is 25.7 Å². The molecule has 1 fully saturated rings. The van der Waals surface area contributed by atoms with E-state index in [1.165, 1.54) is 18.7 Å². The minimum atomic E-state index is -0.0619. The second-order valence-electron chi connectivity index (χ2n) is 7.75. The van der Waals surface area contributed by atoms with Gasteiger partial charge in [0.15, 0.2) is 5.82 Å². The summed E-state index contributed by atoms with van der Waals surface area (Å²) < 4.78 is 5.72. The van der Waals surface area contributed by atoms with E-state index in [4.69, 9.17) is 4.98 Å². The molecule has 0 amide bonds. The van der Waals surface area contributed by atoms with Gasteiger partial charge >= 0.3 is 0 Å². The fourth-order valence-corrected chi connectivity index (χ4v) is 4.37. The van der Waals surface area contributed by atoms with E-state index in [0.717, 1.165) is 44.6 Å². The Labute approximate surface area is 163 Å². The van der Waals surface area contributed by atoms with Crippen LogP contribution >= 0.6 is 0 Å². The van der Waals surface area contributed by atoms with Crippen LogP contribution in [0.3, 0.4) is 0 Å². The lowest BCUT2D eigenvalue weighted by Crippen LogP contribution is -2.37. The molecule has 0 aromatic carbocycles. The third-order valence-electron chi connectivity index (χ3n) is 5.83. The van der Waals surface area contributed by atoms with Gasteiger partial charge in [-0.1, -0.05) is 0 Å². The van der Waals surface area contributed by atoms with Crippen LogP contribution in [0.25, 0.3) is 5.82 Å². The van der Waals surface area contributed by atoms with Gasteiger partial charge in [0.1, 0.15) is 12.2 Å². The summed E-state index contributed by atoms with van der Waals surface area (Å²) in [5.41, 5.74) is 1.09. The second kappa shape index (κ2) is 7.35. The molecule has 0 bridgehead atoms. The van der Waals surface area contributed by atoms with Crippen LogP contribution in [-0.2, 0) is 26.1 Å². The molecule has 1 unspecified atom stereocenters. The van der Waals surface area contributed by atoms with Gasteiger partial charge in [-0.3, -0.25) is 14.3 Å². The van der Waals surface area contributed by atoms with Crippen LogP contribution in [0, 0.1) is 0 Å². The average molecular weight is 379 g/mol. The molecule has 8 heteroatoms. The van der Waals surface area contributed by atoms with Gasteiger partial charge in [0, 0.05) is 50.2 Å². The van der Waals surface area contributed by atoms with Crippen molar-refractivity contribution in [2.75, 3.05) is 6.54 Å². The summed E-state index contributed by atoms with van der Waals surface area (Å²) in [5.74, 6) is 1.94. The zero-order valence-electron chi connectivity index (χ0n) is 15.9. The highest BCUT2D eigenvalue weighted by Gasteiger charge is 2.27. The van der Waals surface area contributed by atoms with E-state index in [9.17, 15) is 4.79 Å². The van der Waals surface area contributed by atoms with Crippen molar-refractivity contribution in [3.8, 4) is 5.82 Å². The first-order valence-corrected chi connectivity index (χ1v) is 10.1. The molecule has 0 saturated carbocycles. The minimum absolute atomic E-state index is 0.0619. The van der Waals surface area contributed by atoms with E-state index >= 15 is 0 Å². The van der Waals surface area contributed by atoms with Gasteiger partial charge in [0.2, 0.25) is 0 Å². The first-order chi connectivity index (χ1) is 13.8. The smallest absolute Gasteiger partial charge is 0.266 e. The first kappa shape index (κ1) is 17.4. The van der Waals surface area contributed by atoms with Crippen molar-refractivity contribution in [2.24, 2.45) is 0 Å². The minimum Gasteiger partial charge on any atom is -0.335 e. The van der Waals surface area contributed by atoms with Crippen molar-refractivity contribution in [3.05, 3.63) is 58.9 Å². The van der Waals surface area contributed by atoms with Crippen molar-refractivity contribution >= 4 is 0 Å². The zero-order valence-corrected chi connectivity index (χ0v) is 15.9. The molecule has 0 spiro atoms. The number of hydrogen-bond acceptors (Lipinski definition) is 5. The summed E-state index contributed by atoms with van der Waals surface area (Å²) in [6.45, 7) is 3.59. The molecule has 1 atom stereocenters. The number of aryl methyl sites for hydroxylation is 2. The molecule has 5 rings (SSSR count). The standard InChI is InChI=1S/C20H25N7O/c28-20-7-6-19(26-11-8-21-15-26)23-27(20)14-17-4-3-10-24(17)12-16-13-25-9-2-1-5-18(25)22-16/h6-8,11,13,15,17H,1-5,9-10,12,14H2. The van der Waals surface area contributed by atoms with E-state index in [0.29, 0.717) is 18.4 Å². The maximum Gasteiger partial charge on any atom is 0.266 e. The third kappa shape index (κ3) is 3.40. The summed E-state index contributed by atoms with van der Waals surface area (Å²) in [6.07, 6.45) is 13.3. The van der Waals surface area contributed by atoms with Crippen molar-refractivity contribution in [2.45, 2.75) is 57.8 Å². The molecule has 3 aromatic rings. The second-order valence-corrected chi connectivity index (χ2v) is 7.75. The van der Waals surface area contributed by atoms with Crippen LogP contribution in [-0.4, -0.2) is 46.4 Å². The van der Waals surface area contributed by atoms with E-state index in [1.54, 1.807) is 29.3 Å². The zero-order chi connectivity index (χ0) is 18.9. The maximum atomic E-state index is 12.4. The summed E-state index contributed by atoms with van der Waals surface area (Å²) in [4.78, 5) is 23.7. The van der Waals surface area contributed by atoms with Gasteiger partial charge in [0.05, 0.1) is 12.2 Å². The Hall–Kier alpha value is -2.74. The Morgan fingerprint density at radius 1 is 1.14 bits per heavy atom. The Morgan fingerprint density at radius 2 is 2.11 bits per heavy atom. The number of rotatable bonds is 5. The average Bonchev–Trinajstić information content (AvgIpc) is 3.45. The fourth-order valence-electron chi connectivity index (χ4n) is 4.37. The lowest BCUT2D eigenvalue weighted by molar-refractivity contribution is 0.214. The highest BCUT2D eigenvalue weighted by molar-refractivity contribution is 5.19. The van der Waals surface area contributed by atoms with Crippen molar-refractivity contribution < 1.29 is 0 Å². The molecule has 2 aliphatic heterocycles. The molecular formula is C20H25N7O. The van der Waals surface area contributed by atoms with Gasteiger partial charge in [-0.15, -0.1) is 0 Å². The van der Waals surface area contributed by atoms with E-state index in [1.807, 2.05) is 10.8 Å². The molecular weight excluding hydrogens is 354 g/mol. The lowest BCUT2D eigenvalue weighted by Gasteiger charge is -2.23. The van der Waals surface area contributed by atoms with Crippen LogP contribution in [0.15, 0.2) is 41.8 Å². The van der Waals surface area contributed by atoms with Crippen molar-refractivity contribution in [1.82, 2.24) is 33.8 Å². The number of fused-ring (bicyclic) bond motifs is 1. The molecule has 0 N–H and O–H groups in total. The van der Waals surface area contributed by atoms with E-state index in [-0.39, 0.29) is 5.56 Å². The Morgan fingerprint density at radius 3 is 2.96 bits per heavy atom. The van der Waals surface area contributed by atoms with E-state index < -0.39 is 0 Å². The normalized spacial score (nSPS) is 19.8. The first-order valence-electron chi connectivity index (χ1n) is 10.1. The number of nitrogens with zero attached hydrogens (tertiary/aromatic N) is 7. The predicted molar refractivity (Wildman–Crippen MR) is 104 cm³/mol. The molecule has 0 radical (unpaired) electrons. The van der Waals surface area contributed by atoms with Crippen molar-refractivity contribution in [3.63, 3.8) is 0 Å². The maximum absolute atomic E-state index is 12.4. The SMILES string of the molecule is O=c1ccc(-n2ccnc2)nn1CC1CCCN1Cc1cn2c(n1)CCCC2. The summed E-state index contributed by atoms with van der Waals surface area (Å²) in [7, 11) is 0. The molecule has 8 nitrogen and oxygen atoms in total. The topological polar surface area (TPSA) is 73.8 Å². The molecule has 146 valence electrons. The number of likely N-dealkylation sites (tertiary alicyclic amines) is 1. The van der Waals surface area contributed by atoms with Gasteiger partial charge < -0.3 is 4.57 Å². The number of aromatic nitrogens is 6. The van der Waals surface area contributed by atoms with Gasteiger partial charge in [0.25, 0.3) is 5.56 Å². The Balaban J connectivity index is 1.33. The van der Waals surface area contributed by atoms with Gasteiger partial charge in [-0.05, 0) is 38.3 Å². The van der Waals surface area contributed by atoms with Crippen LogP contribution in [0.2, 0.25) is 0 Å². The summed E-state index contributed by atoms with van der Waals surface area (Å²) in [6, 6.07) is 3.63. The van der Waals surface area contributed by atoms with Crippen molar-refractivity contribution in [1.29, 1.82) is 0 Å². The fraction of sp³-hybridized carbons (Fsp3) is 0.500. The highest BCUT2D eigenvalue weighted by Crippen LogP contribution is 2.22. The lowest BCUT2D eigenvalue weighted by atomic mass is 10.2. The summed E-state index contributed by atoms with van der Waals surface area (Å²) in [5, 5.41) is 4.55. The Bertz CT molecular complexity index is 980. The monoisotopic (exact) mass is 379 g/mol. The number of imidazole rings is 2. The highest BCUT2D eigenvalue weighted by atomic mass is 16.1. The number of hydrogen-bond donors (Lipinski definition) is 0. The van der Waals surface area contributed by atoms with Gasteiger partial charge in [-0.25, -0.2) is 14.6 Å². The molecule has 0 aliphatic carbocycles. The summed E-state index contributed by atoms with van der Waals surface area (Å²) >= 11 is 0. The predicted octanol–water partition coefficient (Wildman–Crippen LogP) is 1.63. The van der Waals surface area contributed by atoms with Crippen LogP contribution in [0.1, 0.15) is 37.2 Å². The van der Waals surface area contributed by atoms with Crippen LogP contribution in [0.4, 0.5) is 0 Å². The molecule has 2 aliphatic rings. The molecule has 5 heterocycles. The van der Waals surface area contributed by atoms with Crippen LogP contribution < -0.4 is 5.56 Å². The molecule has 3 aromatic heterocycles. The quantitative estimate of drug-likeness (QED) is 0.674. The van der Waals surface area contributed by atoms with Crippen LogP contribution in [0.5, 0.6) is 0 Å². The molecule has 28 heavy (non-hydrogen) atoms. The molecule has 1 saturated heterocycles. The third-order valence-corrected chi connectivity index (χ3v) is 5.83. The largest absolute Gasteiger partial charge is 0.335 e. The Kier molecular flexibility index (Phi) is 4.56.